The van der Waals surface area contributed by atoms with Crippen molar-refractivity contribution in [3.05, 3.63) is 64.8 Å². The van der Waals surface area contributed by atoms with Gasteiger partial charge >= 0.3 is 0 Å². The van der Waals surface area contributed by atoms with E-state index in [0.717, 1.165) is 29.8 Å². The van der Waals surface area contributed by atoms with Crippen LogP contribution in [-0.2, 0) is 18.3 Å². The molecule has 9 nitrogen and oxygen atoms in total. The van der Waals surface area contributed by atoms with E-state index in [9.17, 15) is 9.18 Å². The monoisotopic (exact) mass is 464 g/mol. The third kappa shape index (κ3) is 4.24. The molecule has 0 N–H and O–H groups in total. The first kappa shape index (κ1) is 22.0. The van der Waals surface area contributed by atoms with Crippen LogP contribution in [0.4, 0.5) is 10.3 Å². The standard InChI is InChI=1S/C24H25FN6O3/c1-16(25)34-21-6-4-3-5-17(21)15-31-20-11-18(12-26-22(20)23(32)29(31)2)19-13-27-24(28-14-19)30-7-9-33-10-8-30/h3-6,11-14,16H,7-10,15H2,1-2H3. The van der Waals surface area contributed by atoms with Gasteiger partial charge in [0, 0.05) is 62.3 Å². The summed E-state index contributed by atoms with van der Waals surface area (Å²) in [7, 11) is 1.69. The first-order chi connectivity index (χ1) is 16.5. The molecular weight excluding hydrogens is 439 g/mol. The Labute approximate surface area is 195 Å². The second kappa shape index (κ2) is 9.22. The zero-order chi connectivity index (χ0) is 23.7. The average Bonchev–Trinajstić information content (AvgIpc) is 3.10. The van der Waals surface area contributed by atoms with Gasteiger partial charge in [0.25, 0.3) is 5.56 Å². The van der Waals surface area contributed by atoms with E-state index in [1.807, 2.05) is 22.9 Å². The molecule has 3 aromatic heterocycles. The number of hydrogen-bond donors (Lipinski definition) is 0. The Morgan fingerprint density at radius 3 is 2.53 bits per heavy atom. The van der Waals surface area contributed by atoms with Gasteiger partial charge in [-0.15, -0.1) is 0 Å². The maximum atomic E-state index is 13.5. The van der Waals surface area contributed by atoms with E-state index < -0.39 is 6.36 Å². The van der Waals surface area contributed by atoms with Crippen molar-refractivity contribution >= 4 is 17.0 Å². The summed E-state index contributed by atoms with van der Waals surface area (Å²) in [6, 6.07) is 9.11. The van der Waals surface area contributed by atoms with Gasteiger partial charge in [-0.05, 0) is 12.1 Å². The number of nitrogens with zero attached hydrogens (tertiary/aromatic N) is 6. The molecule has 1 atom stereocenters. The number of fused-ring (bicyclic) bond motifs is 1. The summed E-state index contributed by atoms with van der Waals surface area (Å²) in [6.45, 7) is 4.49. The maximum Gasteiger partial charge on any atom is 0.292 e. The van der Waals surface area contributed by atoms with Crippen LogP contribution in [0.15, 0.2) is 53.7 Å². The summed E-state index contributed by atoms with van der Waals surface area (Å²) < 4.78 is 27.5. The number of benzene rings is 1. The van der Waals surface area contributed by atoms with Crippen molar-refractivity contribution in [2.75, 3.05) is 31.2 Å². The van der Waals surface area contributed by atoms with Gasteiger partial charge in [0.1, 0.15) is 5.75 Å². The Bertz CT molecular complexity index is 1360. The second-order valence-corrected chi connectivity index (χ2v) is 8.12. The van der Waals surface area contributed by atoms with E-state index in [-0.39, 0.29) is 5.56 Å². The zero-order valence-electron chi connectivity index (χ0n) is 19.0. The van der Waals surface area contributed by atoms with Crippen LogP contribution in [0.3, 0.4) is 0 Å². The normalized spacial score (nSPS) is 15.0. The predicted molar refractivity (Wildman–Crippen MR) is 126 cm³/mol. The van der Waals surface area contributed by atoms with Crippen LogP contribution in [0.5, 0.6) is 5.75 Å². The van der Waals surface area contributed by atoms with E-state index in [4.69, 9.17) is 9.47 Å². The Kier molecular flexibility index (Phi) is 5.97. The largest absolute Gasteiger partial charge is 0.460 e. The summed E-state index contributed by atoms with van der Waals surface area (Å²) in [4.78, 5) is 28.4. The minimum Gasteiger partial charge on any atom is -0.460 e. The number of ether oxygens (including phenoxy) is 2. The highest BCUT2D eigenvalue weighted by molar-refractivity contribution is 5.80. The lowest BCUT2D eigenvalue weighted by Crippen LogP contribution is -2.37. The Balaban J connectivity index is 1.50. The van der Waals surface area contributed by atoms with E-state index >= 15 is 0 Å². The fourth-order valence-corrected chi connectivity index (χ4v) is 4.07. The van der Waals surface area contributed by atoms with Crippen LogP contribution in [-0.4, -0.2) is 57.0 Å². The molecule has 1 aliphatic heterocycles. The third-order valence-corrected chi connectivity index (χ3v) is 5.85. The molecule has 0 radical (unpaired) electrons. The molecule has 1 saturated heterocycles. The van der Waals surface area contributed by atoms with Crippen molar-refractivity contribution in [2.45, 2.75) is 19.8 Å². The minimum atomic E-state index is -1.44. The summed E-state index contributed by atoms with van der Waals surface area (Å²) in [5.41, 5.74) is 3.15. The summed E-state index contributed by atoms with van der Waals surface area (Å²) >= 11 is 0. The number of morpholine rings is 1. The zero-order valence-corrected chi connectivity index (χ0v) is 19.0. The van der Waals surface area contributed by atoms with Gasteiger partial charge in [-0.25, -0.2) is 19.3 Å². The second-order valence-electron chi connectivity index (χ2n) is 8.12. The fraction of sp³-hybridized carbons (Fsp3) is 0.333. The van der Waals surface area contributed by atoms with Crippen LogP contribution in [0.25, 0.3) is 22.2 Å². The third-order valence-electron chi connectivity index (χ3n) is 5.85. The number of hydrogen-bond acceptors (Lipinski definition) is 7. The van der Waals surface area contributed by atoms with Crippen LogP contribution >= 0.6 is 0 Å². The molecule has 4 aromatic rings. The van der Waals surface area contributed by atoms with Crippen LogP contribution in [0.2, 0.25) is 0 Å². The smallest absolute Gasteiger partial charge is 0.292 e. The summed E-state index contributed by atoms with van der Waals surface area (Å²) in [5.74, 6) is 1.10. The molecule has 0 saturated carbocycles. The molecule has 1 aliphatic rings. The number of alkyl halides is 1. The molecule has 0 aliphatic carbocycles. The van der Waals surface area contributed by atoms with Gasteiger partial charge in [-0.2, -0.15) is 0 Å². The Morgan fingerprint density at radius 2 is 1.79 bits per heavy atom. The van der Waals surface area contributed by atoms with Crippen molar-refractivity contribution in [2.24, 2.45) is 7.05 Å². The maximum absolute atomic E-state index is 13.5. The van der Waals surface area contributed by atoms with E-state index in [0.29, 0.717) is 42.5 Å². The molecule has 1 unspecified atom stereocenters. The average molecular weight is 465 g/mol. The van der Waals surface area contributed by atoms with Crippen molar-refractivity contribution in [1.29, 1.82) is 0 Å². The highest BCUT2D eigenvalue weighted by Gasteiger charge is 2.17. The van der Waals surface area contributed by atoms with Gasteiger partial charge in [-0.1, -0.05) is 18.2 Å². The SMILES string of the molecule is CC(F)Oc1ccccc1Cn1c2cc(-c3cnc(N4CCOCC4)nc3)cnc2c(=O)n1C. The molecule has 5 rings (SSSR count). The van der Waals surface area contributed by atoms with Crippen molar-refractivity contribution in [3.8, 4) is 16.9 Å². The minimum absolute atomic E-state index is 0.210. The fourth-order valence-electron chi connectivity index (χ4n) is 4.07. The van der Waals surface area contributed by atoms with Crippen LogP contribution in [0.1, 0.15) is 12.5 Å². The topological polar surface area (TPSA) is 87.3 Å². The highest BCUT2D eigenvalue weighted by atomic mass is 19.1. The van der Waals surface area contributed by atoms with Gasteiger partial charge in [-0.3, -0.25) is 14.2 Å². The van der Waals surface area contributed by atoms with Crippen molar-refractivity contribution in [3.63, 3.8) is 0 Å². The lowest BCUT2D eigenvalue weighted by Gasteiger charge is -2.26. The summed E-state index contributed by atoms with van der Waals surface area (Å²) in [5, 5.41) is 0. The Hall–Kier alpha value is -3.79. The highest BCUT2D eigenvalue weighted by Crippen LogP contribution is 2.25. The van der Waals surface area contributed by atoms with E-state index in [1.165, 1.54) is 11.6 Å². The molecule has 0 spiro atoms. The van der Waals surface area contributed by atoms with Crippen molar-refractivity contribution in [1.82, 2.24) is 24.3 Å². The molecule has 0 bridgehead atoms. The number of anilines is 1. The van der Waals surface area contributed by atoms with E-state index in [2.05, 4.69) is 19.9 Å². The predicted octanol–water partition coefficient (Wildman–Crippen LogP) is 2.77. The molecular formula is C24H25FN6O3. The molecule has 176 valence electrons. The summed E-state index contributed by atoms with van der Waals surface area (Å²) in [6.07, 6.45) is 3.73. The van der Waals surface area contributed by atoms with Gasteiger partial charge in [0.2, 0.25) is 12.3 Å². The molecule has 1 aromatic carbocycles. The molecule has 1 fully saturated rings. The quantitative estimate of drug-likeness (QED) is 0.434. The van der Waals surface area contributed by atoms with Crippen molar-refractivity contribution < 1.29 is 13.9 Å². The van der Waals surface area contributed by atoms with Crippen LogP contribution in [0, 0.1) is 0 Å². The number of para-hydroxylation sites is 1. The molecule has 4 heterocycles. The first-order valence-corrected chi connectivity index (χ1v) is 11.1. The number of halogens is 1. The van der Waals surface area contributed by atoms with Gasteiger partial charge in [0.05, 0.1) is 25.3 Å². The van der Waals surface area contributed by atoms with Gasteiger partial charge in [0.15, 0.2) is 5.52 Å². The molecule has 10 heteroatoms. The van der Waals surface area contributed by atoms with E-state index in [1.54, 1.807) is 37.8 Å². The number of rotatable bonds is 6. The number of pyridine rings is 1. The lowest BCUT2D eigenvalue weighted by atomic mass is 10.1. The van der Waals surface area contributed by atoms with Crippen LogP contribution < -0.4 is 15.2 Å². The lowest BCUT2D eigenvalue weighted by molar-refractivity contribution is 0.0847. The molecule has 34 heavy (non-hydrogen) atoms. The first-order valence-electron chi connectivity index (χ1n) is 11.1. The molecule has 0 amide bonds. The number of aromatic nitrogens is 5. The van der Waals surface area contributed by atoms with Gasteiger partial charge < -0.3 is 14.4 Å². The Morgan fingerprint density at radius 1 is 1.09 bits per heavy atom.